The van der Waals surface area contributed by atoms with Gasteiger partial charge in [0, 0.05) is 23.2 Å². The normalized spacial score (nSPS) is 19.8. The van der Waals surface area contributed by atoms with Crippen LogP contribution in [0.25, 0.3) is 0 Å². The number of nitrogens with one attached hydrogen (secondary N) is 1. The number of rotatable bonds is 4. The van der Waals surface area contributed by atoms with E-state index in [0.29, 0.717) is 17.1 Å². The minimum atomic E-state index is -0.605. The van der Waals surface area contributed by atoms with Crippen LogP contribution in [0.3, 0.4) is 0 Å². The Morgan fingerprint density at radius 1 is 1.04 bits per heavy atom. The van der Waals surface area contributed by atoms with Crippen LogP contribution in [0.1, 0.15) is 59.6 Å². The lowest BCUT2D eigenvalue weighted by molar-refractivity contribution is -0.126. The van der Waals surface area contributed by atoms with Crippen molar-refractivity contribution >= 4 is 23.4 Å². The molecule has 1 N–H and O–H groups in total. The van der Waals surface area contributed by atoms with E-state index in [9.17, 15) is 9.59 Å². The average Bonchev–Trinajstić information content (AvgIpc) is 2.97. The first-order chi connectivity index (χ1) is 13.1. The molecular formula is C22H23ClN2O2. The fraction of sp³-hybridized carbons (Fsp3) is 0.364. The molecule has 1 atom stereocenters. The van der Waals surface area contributed by atoms with Crippen LogP contribution in [-0.2, 0) is 11.3 Å². The molecular weight excluding hydrogens is 360 g/mol. The van der Waals surface area contributed by atoms with Crippen LogP contribution in [0.5, 0.6) is 0 Å². The Hall–Kier alpha value is -2.33. The molecule has 2 aliphatic rings. The highest BCUT2D eigenvalue weighted by Crippen LogP contribution is 2.36. The van der Waals surface area contributed by atoms with E-state index in [-0.39, 0.29) is 17.9 Å². The monoisotopic (exact) mass is 382 g/mol. The zero-order chi connectivity index (χ0) is 18.8. The summed E-state index contributed by atoms with van der Waals surface area (Å²) in [4.78, 5) is 27.8. The van der Waals surface area contributed by atoms with Gasteiger partial charge in [-0.3, -0.25) is 9.59 Å². The van der Waals surface area contributed by atoms with Crippen molar-refractivity contribution in [3.8, 4) is 0 Å². The summed E-state index contributed by atoms with van der Waals surface area (Å²) in [6.07, 6.45) is 5.55. The molecule has 2 amide bonds. The van der Waals surface area contributed by atoms with Gasteiger partial charge in [-0.25, -0.2) is 0 Å². The molecule has 2 aromatic carbocycles. The number of hydrogen-bond donors (Lipinski definition) is 1. The first kappa shape index (κ1) is 18.1. The molecule has 0 radical (unpaired) electrons. The van der Waals surface area contributed by atoms with Gasteiger partial charge in [-0.1, -0.05) is 67.3 Å². The Morgan fingerprint density at radius 2 is 1.74 bits per heavy atom. The van der Waals surface area contributed by atoms with E-state index in [0.717, 1.165) is 36.8 Å². The second kappa shape index (κ2) is 7.73. The number of hydrogen-bond acceptors (Lipinski definition) is 2. The average molecular weight is 383 g/mol. The van der Waals surface area contributed by atoms with Crippen LogP contribution in [-0.4, -0.2) is 22.8 Å². The van der Waals surface area contributed by atoms with Gasteiger partial charge in [0.05, 0.1) is 0 Å². The first-order valence-corrected chi connectivity index (χ1v) is 9.96. The fourth-order valence-electron chi connectivity index (χ4n) is 4.15. The van der Waals surface area contributed by atoms with Gasteiger partial charge in [-0.05, 0) is 36.1 Å². The molecule has 1 unspecified atom stereocenters. The summed E-state index contributed by atoms with van der Waals surface area (Å²) >= 11 is 6.31. The summed E-state index contributed by atoms with van der Waals surface area (Å²) in [6, 6.07) is 14.5. The van der Waals surface area contributed by atoms with Crippen molar-refractivity contribution in [2.45, 2.75) is 50.7 Å². The van der Waals surface area contributed by atoms with Gasteiger partial charge in [-0.15, -0.1) is 0 Å². The Balaban J connectivity index is 1.63. The molecule has 4 rings (SSSR count). The second-order valence-electron chi connectivity index (χ2n) is 7.36. The van der Waals surface area contributed by atoms with Crippen LogP contribution in [0, 0.1) is 0 Å². The SMILES string of the molecule is O=C(NC1CCCCC1)C1c2ccccc2C(=O)N1Cc1ccccc1Cl. The van der Waals surface area contributed by atoms with Gasteiger partial charge in [-0.2, -0.15) is 0 Å². The van der Waals surface area contributed by atoms with Gasteiger partial charge in [0.25, 0.3) is 5.91 Å². The minimum Gasteiger partial charge on any atom is -0.351 e. The summed E-state index contributed by atoms with van der Waals surface area (Å²) in [5.41, 5.74) is 2.23. The lowest BCUT2D eigenvalue weighted by Gasteiger charge is -2.29. The Morgan fingerprint density at radius 3 is 2.52 bits per heavy atom. The number of fused-ring (bicyclic) bond motifs is 1. The third-order valence-electron chi connectivity index (χ3n) is 5.56. The molecule has 1 aliphatic carbocycles. The highest BCUT2D eigenvalue weighted by molar-refractivity contribution is 6.31. The van der Waals surface area contributed by atoms with Crippen molar-refractivity contribution in [3.63, 3.8) is 0 Å². The molecule has 2 aromatic rings. The zero-order valence-corrected chi connectivity index (χ0v) is 15.9. The molecule has 27 heavy (non-hydrogen) atoms. The van der Waals surface area contributed by atoms with Crippen LogP contribution in [0.15, 0.2) is 48.5 Å². The standard InChI is InChI=1S/C22H23ClN2O2/c23-19-13-7-4-8-15(19)14-25-20(17-11-5-6-12-18(17)22(25)27)21(26)24-16-9-2-1-3-10-16/h4-8,11-13,16,20H,1-3,9-10,14H2,(H,24,26). The van der Waals surface area contributed by atoms with Gasteiger partial charge in [0.2, 0.25) is 5.91 Å². The number of halogens is 1. The maximum atomic E-state index is 13.2. The molecule has 1 fully saturated rings. The van der Waals surface area contributed by atoms with E-state index in [1.54, 1.807) is 11.0 Å². The van der Waals surface area contributed by atoms with Crippen molar-refractivity contribution in [1.82, 2.24) is 10.2 Å². The summed E-state index contributed by atoms with van der Waals surface area (Å²) in [5.74, 6) is -0.207. The molecule has 1 saturated carbocycles. The van der Waals surface area contributed by atoms with Gasteiger partial charge < -0.3 is 10.2 Å². The molecule has 140 valence electrons. The number of benzene rings is 2. The maximum absolute atomic E-state index is 13.2. The lowest BCUT2D eigenvalue weighted by Crippen LogP contribution is -2.43. The maximum Gasteiger partial charge on any atom is 0.255 e. The van der Waals surface area contributed by atoms with E-state index in [1.807, 2.05) is 42.5 Å². The summed E-state index contributed by atoms with van der Waals surface area (Å²) in [7, 11) is 0. The van der Waals surface area contributed by atoms with E-state index in [2.05, 4.69) is 5.32 Å². The summed E-state index contributed by atoms with van der Waals surface area (Å²) in [5, 5.41) is 3.79. The highest BCUT2D eigenvalue weighted by atomic mass is 35.5. The van der Waals surface area contributed by atoms with Crippen LogP contribution in [0.2, 0.25) is 5.02 Å². The largest absolute Gasteiger partial charge is 0.351 e. The topological polar surface area (TPSA) is 49.4 Å². The number of nitrogens with zero attached hydrogens (tertiary/aromatic N) is 1. The van der Waals surface area contributed by atoms with E-state index >= 15 is 0 Å². The third kappa shape index (κ3) is 3.59. The number of amides is 2. The van der Waals surface area contributed by atoms with Crippen molar-refractivity contribution in [2.75, 3.05) is 0 Å². The molecule has 0 spiro atoms. The molecule has 0 saturated heterocycles. The summed E-state index contributed by atoms with van der Waals surface area (Å²) in [6.45, 7) is 0.315. The zero-order valence-electron chi connectivity index (χ0n) is 15.2. The fourth-order valence-corrected chi connectivity index (χ4v) is 4.35. The molecule has 1 heterocycles. The third-order valence-corrected chi connectivity index (χ3v) is 5.93. The molecule has 4 nitrogen and oxygen atoms in total. The number of carbonyl (C=O) groups excluding carboxylic acids is 2. The van der Waals surface area contributed by atoms with Crippen molar-refractivity contribution in [3.05, 3.63) is 70.2 Å². The smallest absolute Gasteiger partial charge is 0.255 e. The quantitative estimate of drug-likeness (QED) is 0.847. The van der Waals surface area contributed by atoms with E-state index < -0.39 is 6.04 Å². The van der Waals surface area contributed by atoms with Crippen LogP contribution in [0.4, 0.5) is 0 Å². The number of carbonyl (C=O) groups is 2. The predicted molar refractivity (Wildman–Crippen MR) is 106 cm³/mol. The molecule has 0 bridgehead atoms. The predicted octanol–water partition coefficient (Wildman–Crippen LogP) is 4.49. The van der Waals surface area contributed by atoms with Crippen LogP contribution >= 0.6 is 11.6 Å². The minimum absolute atomic E-state index is 0.0905. The summed E-state index contributed by atoms with van der Waals surface area (Å²) < 4.78 is 0. The van der Waals surface area contributed by atoms with Crippen LogP contribution < -0.4 is 5.32 Å². The Labute approximate surface area is 164 Å². The van der Waals surface area contributed by atoms with Gasteiger partial charge in [0.15, 0.2) is 0 Å². The van der Waals surface area contributed by atoms with Crippen molar-refractivity contribution in [1.29, 1.82) is 0 Å². The van der Waals surface area contributed by atoms with Crippen molar-refractivity contribution in [2.24, 2.45) is 0 Å². The van der Waals surface area contributed by atoms with E-state index in [4.69, 9.17) is 11.6 Å². The second-order valence-corrected chi connectivity index (χ2v) is 7.76. The molecule has 1 aliphatic heterocycles. The van der Waals surface area contributed by atoms with Crippen molar-refractivity contribution < 1.29 is 9.59 Å². The van der Waals surface area contributed by atoms with E-state index in [1.165, 1.54) is 6.42 Å². The molecule has 0 aromatic heterocycles. The Bertz CT molecular complexity index is 861. The molecule has 5 heteroatoms. The van der Waals surface area contributed by atoms with Gasteiger partial charge in [0.1, 0.15) is 6.04 Å². The highest BCUT2D eigenvalue weighted by Gasteiger charge is 2.41. The van der Waals surface area contributed by atoms with Gasteiger partial charge >= 0.3 is 0 Å². The Kier molecular flexibility index (Phi) is 5.17. The lowest BCUT2D eigenvalue weighted by atomic mass is 9.95. The first-order valence-electron chi connectivity index (χ1n) is 9.59.